The van der Waals surface area contributed by atoms with Crippen LogP contribution in [0.5, 0.6) is 0 Å². The van der Waals surface area contributed by atoms with Gasteiger partial charge in [-0.25, -0.2) is 0 Å². The van der Waals surface area contributed by atoms with Crippen LogP contribution in [0.2, 0.25) is 0 Å². The summed E-state index contributed by atoms with van der Waals surface area (Å²) < 4.78 is 5.86. The Morgan fingerprint density at radius 2 is 2.00 bits per heavy atom. The summed E-state index contributed by atoms with van der Waals surface area (Å²) in [6.45, 7) is 3.68. The standard InChI is InChI=1S/C14H20O5/c1-14(2)11(16)4-3-5-12(14)19-10-7-8(15)6-9(10)13(17)18/h9-10,12H,3-7H2,1-2H3,(H,17,18). The Balaban J connectivity index is 2.09. The molecule has 19 heavy (non-hydrogen) atoms. The molecule has 1 N–H and O–H groups in total. The van der Waals surface area contributed by atoms with E-state index in [1.807, 2.05) is 13.8 Å². The first kappa shape index (κ1) is 14.2. The van der Waals surface area contributed by atoms with Crippen LogP contribution in [0.3, 0.4) is 0 Å². The second-order valence-corrected chi connectivity index (χ2v) is 6.09. The molecule has 2 rings (SSSR count). The summed E-state index contributed by atoms with van der Waals surface area (Å²) in [5.74, 6) is -1.67. The van der Waals surface area contributed by atoms with E-state index >= 15 is 0 Å². The second-order valence-electron chi connectivity index (χ2n) is 6.09. The topological polar surface area (TPSA) is 80.7 Å². The lowest BCUT2D eigenvalue weighted by molar-refractivity contribution is -0.158. The van der Waals surface area contributed by atoms with Crippen molar-refractivity contribution in [1.29, 1.82) is 0 Å². The van der Waals surface area contributed by atoms with Crippen LogP contribution in [0, 0.1) is 11.3 Å². The first-order valence-corrected chi connectivity index (χ1v) is 6.75. The molecular weight excluding hydrogens is 248 g/mol. The molecule has 0 radical (unpaired) electrons. The maximum Gasteiger partial charge on any atom is 0.309 e. The summed E-state index contributed by atoms with van der Waals surface area (Å²) in [6.07, 6.45) is 1.39. The van der Waals surface area contributed by atoms with Crippen molar-refractivity contribution >= 4 is 17.5 Å². The molecule has 3 atom stereocenters. The predicted molar refractivity (Wildman–Crippen MR) is 66.7 cm³/mol. The minimum Gasteiger partial charge on any atom is -0.481 e. The molecule has 3 unspecified atom stereocenters. The zero-order chi connectivity index (χ0) is 14.2. The van der Waals surface area contributed by atoms with Gasteiger partial charge in [0.05, 0.1) is 18.1 Å². The number of hydrogen-bond donors (Lipinski definition) is 1. The molecule has 2 saturated carbocycles. The molecule has 0 spiro atoms. The van der Waals surface area contributed by atoms with Crippen molar-refractivity contribution in [2.75, 3.05) is 0 Å². The summed E-state index contributed by atoms with van der Waals surface area (Å²) in [6, 6.07) is 0. The van der Waals surface area contributed by atoms with Gasteiger partial charge in [0.25, 0.3) is 0 Å². The van der Waals surface area contributed by atoms with E-state index in [-0.39, 0.29) is 30.5 Å². The number of ether oxygens (including phenoxy) is 1. The van der Waals surface area contributed by atoms with Gasteiger partial charge in [-0.05, 0) is 12.8 Å². The molecule has 0 aromatic carbocycles. The van der Waals surface area contributed by atoms with Gasteiger partial charge in [-0.15, -0.1) is 0 Å². The van der Waals surface area contributed by atoms with Gasteiger partial charge < -0.3 is 9.84 Å². The number of rotatable bonds is 3. The van der Waals surface area contributed by atoms with Crippen LogP contribution >= 0.6 is 0 Å². The Hall–Kier alpha value is -1.23. The number of carboxylic acids is 1. The average Bonchev–Trinajstić information content (AvgIpc) is 2.67. The van der Waals surface area contributed by atoms with Crippen molar-refractivity contribution in [3.63, 3.8) is 0 Å². The molecule has 0 bridgehead atoms. The van der Waals surface area contributed by atoms with Crippen LogP contribution in [0.1, 0.15) is 46.0 Å². The Labute approximate surface area is 112 Å². The summed E-state index contributed by atoms with van der Waals surface area (Å²) in [5.41, 5.74) is -0.590. The summed E-state index contributed by atoms with van der Waals surface area (Å²) in [4.78, 5) is 34.5. The number of carbonyl (C=O) groups is 3. The van der Waals surface area contributed by atoms with E-state index in [0.717, 1.165) is 12.8 Å². The quantitative estimate of drug-likeness (QED) is 0.840. The first-order chi connectivity index (χ1) is 8.82. The maximum absolute atomic E-state index is 11.9. The fourth-order valence-corrected chi connectivity index (χ4v) is 2.98. The van der Waals surface area contributed by atoms with Crippen molar-refractivity contribution in [1.82, 2.24) is 0 Å². The average molecular weight is 268 g/mol. The van der Waals surface area contributed by atoms with Gasteiger partial charge in [0.15, 0.2) is 0 Å². The Kier molecular flexibility index (Phi) is 3.76. The van der Waals surface area contributed by atoms with E-state index in [2.05, 4.69) is 0 Å². The second kappa shape index (κ2) is 5.04. The van der Waals surface area contributed by atoms with Crippen LogP contribution in [0.4, 0.5) is 0 Å². The van der Waals surface area contributed by atoms with Gasteiger partial charge >= 0.3 is 5.97 Å². The van der Waals surface area contributed by atoms with Crippen molar-refractivity contribution < 1.29 is 24.2 Å². The van der Waals surface area contributed by atoms with Crippen LogP contribution in [-0.2, 0) is 19.1 Å². The Morgan fingerprint density at radius 1 is 1.32 bits per heavy atom. The monoisotopic (exact) mass is 268 g/mol. The molecule has 0 aromatic rings. The molecule has 0 heterocycles. The number of Topliss-reactive ketones (excluding diaryl/α,β-unsaturated/α-hetero) is 2. The first-order valence-electron chi connectivity index (χ1n) is 6.75. The molecule has 5 heteroatoms. The molecule has 0 aromatic heterocycles. The number of carboxylic acid groups (broad SMARTS) is 1. The Morgan fingerprint density at radius 3 is 2.63 bits per heavy atom. The maximum atomic E-state index is 11.9. The van der Waals surface area contributed by atoms with Crippen LogP contribution < -0.4 is 0 Å². The minimum atomic E-state index is -0.990. The molecule has 0 aliphatic heterocycles. The fraction of sp³-hybridized carbons (Fsp3) is 0.786. The summed E-state index contributed by atoms with van der Waals surface area (Å²) >= 11 is 0. The van der Waals surface area contributed by atoms with Gasteiger partial charge in [-0.1, -0.05) is 13.8 Å². The lowest BCUT2D eigenvalue weighted by Crippen LogP contribution is -2.45. The van der Waals surface area contributed by atoms with Crippen molar-refractivity contribution in [2.24, 2.45) is 11.3 Å². The van der Waals surface area contributed by atoms with Crippen LogP contribution in [0.15, 0.2) is 0 Å². The normalized spacial score (nSPS) is 34.5. The molecule has 106 valence electrons. The number of hydrogen-bond acceptors (Lipinski definition) is 4. The van der Waals surface area contributed by atoms with E-state index in [4.69, 9.17) is 9.84 Å². The molecular formula is C14H20O5. The number of aliphatic carboxylic acids is 1. The lowest BCUT2D eigenvalue weighted by atomic mass is 9.73. The summed E-state index contributed by atoms with van der Waals surface area (Å²) in [5, 5.41) is 9.11. The zero-order valence-corrected chi connectivity index (χ0v) is 11.3. The molecule has 2 fully saturated rings. The predicted octanol–water partition coefficient (Wildman–Crippen LogP) is 1.58. The number of carbonyl (C=O) groups excluding carboxylic acids is 2. The van der Waals surface area contributed by atoms with E-state index < -0.39 is 23.4 Å². The molecule has 2 aliphatic rings. The smallest absolute Gasteiger partial charge is 0.309 e. The third kappa shape index (κ3) is 2.71. The molecule has 2 aliphatic carbocycles. The molecule has 0 saturated heterocycles. The lowest BCUT2D eigenvalue weighted by Gasteiger charge is -2.38. The molecule has 5 nitrogen and oxygen atoms in total. The fourth-order valence-electron chi connectivity index (χ4n) is 2.98. The molecule has 0 amide bonds. The highest BCUT2D eigenvalue weighted by Crippen LogP contribution is 2.38. The van der Waals surface area contributed by atoms with Gasteiger partial charge in [0.2, 0.25) is 0 Å². The van der Waals surface area contributed by atoms with E-state index in [1.54, 1.807) is 0 Å². The largest absolute Gasteiger partial charge is 0.481 e. The Bertz CT molecular complexity index is 412. The highest BCUT2D eigenvalue weighted by molar-refractivity contribution is 5.88. The van der Waals surface area contributed by atoms with E-state index in [9.17, 15) is 14.4 Å². The van der Waals surface area contributed by atoms with Crippen molar-refractivity contribution in [2.45, 2.75) is 58.2 Å². The highest BCUT2D eigenvalue weighted by atomic mass is 16.5. The van der Waals surface area contributed by atoms with Crippen LogP contribution in [0.25, 0.3) is 0 Å². The SMILES string of the molecule is CC1(C)C(=O)CCCC1OC1CC(=O)CC1C(=O)O. The van der Waals surface area contributed by atoms with Gasteiger partial charge in [-0.2, -0.15) is 0 Å². The third-order valence-electron chi connectivity index (χ3n) is 4.38. The third-order valence-corrected chi connectivity index (χ3v) is 4.38. The highest BCUT2D eigenvalue weighted by Gasteiger charge is 2.45. The summed E-state index contributed by atoms with van der Waals surface area (Å²) in [7, 11) is 0. The van der Waals surface area contributed by atoms with Gasteiger partial charge in [-0.3, -0.25) is 14.4 Å². The van der Waals surface area contributed by atoms with Gasteiger partial charge in [0.1, 0.15) is 11.6 Å². The van der Waals surface area contributed by atoms with Gasteiger partial charge in [0, 0.05) is 24.7 Å². The minimum absolute atomic E-state index is 0.0428. The van der Waals surface area contributed by atoms with Crippen LogP contribution in [-0.4, -0.2) is 34.9 Å². The van der Waals surface area contributed by atoms with E-state index in [1.165, 1.54) is 0 Å². The zero-order valence-electron chi connectivity index (χ0n) is 11.3. The van der Waals surface area contributed by atoms with Crippen molar-refractivity contribution in [3.8, 4) is 0 Å². The number of ketones is 2. The van der Waals surface area contributed by atoms with Crippen molar-refractivity contribution in [3.05, 3.63) is 0 Å². The van der Waals surface area contributed by atoms with E-state index in [0.29, 0.717) is 6.42 Å².